The Hall–Kier alpha value is -1.87. The molecular formula is C14H14FNO. The topological polar surface area (TPSA) is 35.2 Å². The normalized spacial score (nSPS) is 10.3. The molecule has 2 rings (SSSR count). The summed E-state index contributed by atoms with van der Waals surface area (Å²) in [6.07, 6.45) is 0. The van der Waals surface area contributed by atoms with Gasteiger partial charge in [0.05, 0.1) is 7.11 Å². The van der Waals surface area contributed by atoms with E-state index in [0.717, 1.165) is 16.7 Å². The Kier molecular flexibility index (Phi) is 3.40. The van der Waals surface area contributed by atoms with Crippen molar-refractivity contribution in [3.8, 4) is 16.9 Å². The molecule has 0 bridgehead atoms. The van der Waals surface area contributed by atoms with E-state index in [2.05, 4.69) is 0 Å². The van der Waals surface area contributed by atoms with Gasteiger partial charge in [-0.05, 0) is 17.2 Å². The van der Waals surface area contributed by atoms with Crippen molar-refractivity contribution >= 4 is 0 Å². The predicted molar refractivity (Wildman–Crippen MR) is 66.3 cm³/mol. The van der Waals surface area contributed by atoms with Crippen LogP contribution < -0.4 is 10.5 Å². The monoisotopic (exact) mass is 231 g/mol. The van der Waals surface area contributed by atoms with E-state index >= 15 is 0 Å². The standard InChI is InChI=1S/C14H14FNO/c1-17-14-12(3-2-4-13(14)15)11-7-5-10(9-16)6-8-11/h2-8H,9,16H2,1H3. The van der Waals surface area contributed by atoms with Crippen LogP contribution in [0.15, 0.2) is 42.5 Å². The summed E-state index contributed by atoms with van der Waals surface area (Å²) in [5.41, 5.74) is 8.24. The Bertz CT molecular complexity index is 508. The summed E-state index contributed by atoms with van der Waals surface area (Å²) in [4.78, 5) is 0. The maximum atomic E-state index is 13.5. The predicted octanol–water partition coefficient (Wildman–Crippen LogP) is 2.96. The highest BCUT2D eigenvalue weighted by molar-refractivity contribution is 5.70. The summed E-state index contributed by atoms with van der Waals surface area (Å²) in [6.45, 7) is 0.501. The number of hydrogen-bond donors (Lipinski definition) is 1. The Morgan fingerprint density at radius 3 is 2.41 bits per heavy atom. The molecule has 0 aromatic heterocycles. The molecule has 0 spiro atoms. The molecule has 0 fully saturated rings. The van der Waals surface area contributed by atoms with E-state index in [0.29, 0.717) is 6.54 Å². The minimum atomic E-state index is -0.354. The van der Waals surface area contributed by atoms with Crippen LogP contribution in [0, 0.1) is 5.82 Å². The van der Waals surface area contributed by atoms with Crippen LogP contribution >= 0.6 is 0 Å². The molecule has 88 valence electrons. The Morgan fingerprint density at radius 2 is 1.82 bits per heavy atom. The quantitative estimate of drug-likeness (QED) is 0.881. The smallest absolute Gasteiger partial charge is 0.165 e. The van der Waals surface area contributed by atoms with Gasteiger partial charge in [0.25, 0.3) is 0 Å². The SMILES string of the molecule is COc1c(F)cccc1-c1ccc(CN)cc1. The molecule has 0 saturated heterocycles. The first kappa shape index (κ1) is 11.6. The van der Waals surface area contributed by atoms with Gasteiger partial charge < -0.3 is 10.5 Å². The molecule has 2 aromatic carbocycles. The number of methoxy groups -OCH3 is 1. The van der Waals surface area contributed by atoms with Gasteiger partial charge in [0, 0.05) is 12.1 Å². The summed E-state index contributed by atoms with van der Waals surface area (Å²) < 4.78 is 18.6. The van der Waals surface area contributed by atoms with Crippen LogP contribution in [0.25, 0.3) is 11.1 Å². The molecule has 2 N–H and O–H groups in total. The van der Waals surface area contributed by atoms with E-state index in [1.54, 1.807) is 6.07 Å². The van der Waals surface area contributed by atoms with Crippen molar-refractivity contribution in [1.82, 2.24) is 0 Å². The number of halogens is 1. The Labute approximate surface area is 99.8 Å². The summed E-state index contributed by atoms with van der Waals surface area (Å²) in [6, 6.07) is 12.6. The van der Waals surface area contributed by atoms with E-state index in [9.17, 15) is 4.39 Å². The summed E-state index contributed by atoms with van der Waals surface area (Å²) in [5, 5.41) is 0. The molecular weight excluding hydrogens is 217 g/mol. The van der Waals surface area contributed by atoms with Crippen molar-refractivity contribution in [2.24, 2.45) is 5.73 Å². The van der Waals surface area contributed by atoms with Crippen molar-refractivity contribution in [1.29, 1.82) is 0 Å². The van der Waals surface area contributed by atoms with Crippen LogP contribution in [0.1, 0.15) is 5.56 Å². The van der Waals surface area contributed by atoms with Crippen molar-refractivity contribution in [2.75, 3.05) is 7.11 Å². The van der Waals surface area contributed by atoms with Crippen LogP contribution in [-0.2, 0) is 6.54 Å². The molecule has 0 heterocycles. The zero-order valence-corrected chi connectivity index (χ0v) is 9.61. The average Bonchev–Trinajstić information content (AvgIpc) is 2.38. The molecule has 17 heavy (non-hydrogen) atoms. The van der Waals surface area contributed by atoms with Crippen LogP contribution in [0.4, 0.5) is 4.39 Å². The highest BCUT2D eigenvalue weighted by Crippen LogP contribution is 2.32. The minimum absolute atomic E-state index is 0.271. The molecule has 2 nitrogen and oxygen atoms in total. The van der Waals surface area contributed by atoms with E-state index in [4.69, 9.17) is 10.5 Å². The van der Waals surface area contributed by atoms with Gasteiger partial charge in [0.2, 0.25) is 0 Å². The minimum Gasteiger partial charge on any atom is -0.493 e. The van der Waals surface area contributed by atoms with Crippen molar-refractivity contribution < 1.29 is 9.13 Å². The third-order valence-corrected chi connectivity index (χ3v) is 2.67. The number of hydrogen-bond acceptors (Lipinski definition) is 2. The summed E-state index contributed by atoms with van der Waals surface area (Å²) >= 11 is 0. The molecule has 0 aliphatic rings. The van der Waals surface area contributed by atoms with Gasteiger partial charge in [0.15, 0.2) is 11.6 Å². The van der Waals surface area contributed by atoms with Crippen LogP contribution in [0.2, 0.25) is 0 Å². The fourth-order valence-corrected chi connectivity index (χ4v) is 1.76. The lowest BCUT2D eigenvalue weighted by Gasteiger charge is -2.09. The van der Waals surface area contributed by atoms with Crippen molar-refractivity contribution in [2.45, 2.75) is 6.54 Å². The zero-order chi connectivity index (χ0) is 12.3. The molecule has 0 aliphatic carbocycles. The van der Waals surface area contributed by atoms with E-state index in [-0.39, 0.29) is 11.6 Å². The van der Waals surface area contributed by atoms with Gasteiger partial charge >= 0.3 is 0 Å². The fraction of sp³-hybridized carbons (Fsp3) is 0.143. The van der Waals surface area contributed by atoms with Crippen LogP contribution in [0.5, 0.6) is 5.75 Å². The first-order valence-corrected chi connectivity index (χ1v) is 5.38. The average molecular weight is 231 g/mol. The molecule has 3 heteroatoms. The number of rotatable bonds is 3. The van der Waals surface area contributed by atoms with E-state index < -0.39 is 0 Å². The van der Waals surface area contributed by atoms with E-state index in [1.807, 2.05) is 30.3 Å². The maximum Gasteiger partial charge on any atom is 0.165 e. The van der Waals surface area contributed by atoms with Crippen LogP contribution in [-0.4, -0.2) is 7.11 Å². The van der Waals surface area contributed by atoms with Crippen LogP contribution in [0.3, 0.4) is 0 Å². The molecule has 0 radical (unpaired) electrons. The number of ether oxygens (including phenoxy) is 1. The van der Waals surface area contributed by atoms with Gasteiger partial charge in [0.1, 0.15) is 0 Å². The Balaban J connectivity index is 2.48. The molecule has 0 atom stereocenters. The third-order valence-electron chi connectivity index (χ3n) is 2.67. The zero-order valence-electron chi connectivity index (χ0n) is 9.61. The summed E-state index contributed by atoms with van der Waals surface area (Å²) in [7, 11) is 1.47. The number of para-hydroxylation sites is 1. The number of nitrogens with two attached hydrogens (primary N) is 1. The lowest BCUT2D eigenvalue weighted by Crippen LogP contribution is -1.96. The highest BCUT2D eigenvalue weighted by atomic mass is 19.1. The molecule has 0 amide bonds. The van der Waals surface area contributed by atoms with Gasteiger partial charge in [-0.3, -0.25) is 0 Å². The molecule has 2 aromatic rings. The lowest BCUT2D eigenvalue weighted by atomic mass is 10.0. The molecule has 0 unspecified atom stereocenters. The third kappa shape index (κ3) is 2.29. The Morgan fingerprint density at radius 1 is 1.12 bits per heavy atom. The first-order chi connectivity index (χ1) is 8.26. The second-order valence-corrected chi connectivity index (χ2v) is 3.72. The molecule has 0 aliphatic heterocycles. The summed E-state index contributed by atoms with van der Waals surface area (Å²) in [5.74, 6) is -0.0825. The number of benzene rings is 2. The van der Waals surface area contributed by atoms with Gasteiger partial charge in [-0.1, -0.05) is 36.4 Å². The largest absolute Gasteiger partial charge is 0.493 e. The highest BCUT2D eigenvalue weighted by Gasteiger charge is 2.09. The fourth-order valence-electron chi connectivity index (χ4n) is 1.76. The van der Waals surface area contributed by atoms with Gasteiger partial charge in [-0.15, -0.1) is 0 Å². The maximum absolute atomic E-state index is 13.5. The van der Waals surface area contributed by atoms with Gasteiger partial charge in [-0.2, -0.15) is 0 Å². The van der Waals surface area contributed by atoms with Crippen molar-refractivity contribution in [3.63, 3.8) is 0 Å². The second-order valence-electron chi connectivity index (χ2n) is 3.72. The van der Waals surface area contributed by atoms with Gasteiger partial charge in [-0.25, -0.2) is 4.39 Å². The molecule has 0 saturated carbocycles. The van der Waals surface area contributed by atoms with Crippen molar-refractivity contribution in [3.05, 3.63) is 53.8 Å². The van der Waals surface area contributed by atoms with E-state index in [1.165, 1.54) is 13.2 Å². The first-order valence-electron chi connectivity index (χ1n) is 5.38. The lowest BCUT2D eigenvalue weighted by molar-refractivity contribution is 0.388. The second kappa shape index (κ2) is 4.97.